The van der Waals surface area contributed by atoms with Crippen molar-refractivity contribution in [3.05, 3.63) is 24.3 Å². The van der Waals surface area contributed by atoms with Gasteiger partial charge in [0.15, 0.2) is 0 Å². The summed E-state index contributed by atoms with van der Waals surface area (Å²) < 4.78 is 6.18. The number of allylic oxidation sites excluding steroid dienone is 4. The minimum Gasteiger partial charge on any atom is -0.481 e. The van der Waals surface area contributed by atoms with Crippen LogP contribution in [0.25, 0.3) is 0 Å². The predicted molar refractivity (Wildman–Crippen MR) is 98.0 cm³/mol. The fourth-order valence-electron chi connectivity index (χ4n) is 4.27. The Morgan fingerprint density at radius 3 is 2.46 bits per heavy atom. The molecule has 0 unspecified atom stereocenters. The van der Waals surface area contributed by atoms with Crippen LogP contribution in [-0.2, 0) is 9.53 Å². The van der Waals surface area contributed by atoms with Crippen molar-refractivity contribution in [2.45, 2.75) is 89.8 Å². The van der Waals surface area contributed by atoms with E-state index in [2.05, 4.69) is 31.2 Å². The lowest BCUT2D eigenvalue weighted by atomic mass is 9.75. The molecular weight excluding hydrogens is 300 g/mol. The number of hydrogen-bond donors (Lipinski definition) is 1. The molecule has 24 heavy (non-hydrogen) atoms. The van der Waals surface area contributed by atoms with Crippen LogP contribution >= 0.6 is 0 Å². The Morgan fingerprint density at radius 2 is 1.71 bits per heavy atom. The van der Waals surface area contributed by atoms with E-state index in [9.17, 15) is 4.79 Å². The quantitative estimate of drug-likeness (QED) is 0.378. The molecule has 0 aromatic rings. The zero-order valence-electron chi connectivity index (χ0n) is 15.2. The number of unbranched alkanes of at least 4 members (excludes halogenated alkanes) is 3. The fourth-order valence-corrected chi connectivity index (χ4v) is 4.27. The Bertz CT molecular complexity index is 427. The Labute approximate surface area is 147 Å². The first kappa shape index (κ1) is 19.2. The Hall–Kier alpha value is -1.09. The normalized spacial score (nSPS) is 29.2. The zero-order valence-corrected chi connectivity index (χ0v) is 15.2. The van der Waals surface area contributed by atoms with Crippen molar-refractivity contribution in [2.24, 2.45) is 11.8 Å². The van der Waals surface area contributed by atoms with E-state index in [0.717, 1.165) is 31.6 Å². The molecule has 0 radical (unpaired) electrons. The van der Waals surface area contributed by atoms with Crippen LogP contribution in [0.1, 0.15) is 77.6 Å². The van der Waals surface area contributed by atoms with Gasteiger partial charge in [-0.25, -0.2) is 0 Å². The highest BCUT2D eigenvalue weighted by atomic mass is 16.5. The third-order valence-electron chi connectivity index (χ3n) is 5.49. The number of rotatable bonds is 12. The summed E-state index contributed by atoms with van der Waals surface area (Å²) in [4.78, 5) is 10.5. The van der Waals surface area contributed by atoms with Crippen LogP contribution in [0.4, 0.5) is 0 Å². The van der Waals surface area contributed by atoms with Crippen molar-refractivity contribution >= 4 is 5.97 Å². The highest BCUT2D eigenvalue weighted by Crippen LogP contribution is 2.47. The highest BCUT2D eigenvalue weighted by Gasteiger charge is 2.47. The average molecular weight is 335 g/mol. The summed E-state index contributed by atoms with van der Waals surface area (Å²) in [5.41, 5.74) is 0. The van der Waals surface area contributed by atoms with Crippen molar-refractivity contribution in [3.8, 4) is 0 Å². The van der Waals surface area contributed by atoms with E-state index >= 15 is 0 Å². The molecule has 2 rings (SSSR count). The second-order valence-corrected chi connectivity index (χ2v) is 7.28. The fraction of sp³-hybridized carbons (Fsp3) is 0.762. The Morgan fingerprint density at radius 1 is 1.00 bits per heavy atom. The van der Waals surface area contributed by atoms with E-state index in [1.54, 1.807) is 0 Å². The van der Waals surface area contributed by atoms with Gasteiger partial charge in [-0.1, -0.05) is 37.6 Å². The van der Waals surface area contributed by atoms with Crippen molar-refractivity contribution in [2.75, 3.05) is 0 Å². The van der Waals surface area contributed by atoms with Crippen LogP contribution in [0.15, 0.2) is 24.3 Å². The first-order valence-electron chi connectivity index (χ1n) is 9.89. The largest absolute Gasteiger partial charge is 0.481 e. The summed E-state index contributed by atoms with van der Waals surface area (Å²) in [5.74, 6) is 0.729. The Kier molecular flexibility index (Phi) is 8.58. The maximum absolute atomic E-state index is 10.5. The van der Waals surface area contributed by atoms with Crippen LogP contribution < -0.4 is 0 Å². The zero-order chi connectivity index (χ0) is 17.2. The highest BCUT2D eigenvalue weighted by molar-refractivity contribution is 5.66. The molecule has 1 N–H and O–H groups in total. The second-order valence-electron chi connectivity index (χ2n) is 7.28. The number of aliphatic carboxylic acids is 1. The van der Waals surface area contributed by atoms with Gasteiger partial charge in [-0.05, 0) is 69.6 Å². The van der Waals surface area contributed by atoms with Gasteiger partial charge in [0.05, 0.1) is 12.2 Å². The average Bonchev–Trinajstić information content (AvgIpc) is 3.15. The molecule has 0 amide bonds. The smallest absolute Gasteiger partial charge is 0.303 e. The van der Waals surface area contributed by atoms with Crippen LogP contribution in [0, 0.1) is 11.8 Å². The van der Waals surface area contributed by atoms with Gasteiger partial charge in [0.1, 0.15) is 0 Å². The summed E-state index contributed by atoms with van der Waals surface area (Å²) in [5, 5.41) is 8.65. The molecule has 0 aliphatic carbocycles. The van der Waals surface area contributed by atoms with Gasteiger partial charge < -0.3 is 9.84 Å². The van der Waals surface area contributed by atoms with Crippen LogP contribution in [0.2, 0.25) is 0 Å². The minimum absolute atomic E-state index is 0.274. The molecule has 2 bridgehead atoms. The van der Waals surface area contributed by atoms with E-state index < -0.39 is 5.97 Å². The number of carboxylic acid groups (broad SMARTS) is 1. The van der Waals surface area contributed by atoms with E-state index in [4.69, 9.17) is 9.84 Å². The molecule has 136 valence electrons. The maximum Gasteiger partial charge on any atom is 0.303 e. The number of carbonyl (C=O) groups is 1. The summed E-state index contributed by atoms with van der Waals surface area (Å²) in [6, 6.07) is 0. The van der Waals surface area contributed by atoms with Crippen LogP contribution in [0.3, 0.4) is 0 Å². The molecule has 2 fully saturated rings. The SMILES string of the molecule is CCC=CCCCC[C@@H]1[C@H](C/C=C/CCCC(=O)O)[C@@H]2CC[C@H]1O2. The van der Waals surface area contributed by atoms with Gasteiger partial charge in [0, 0.05) is 6.42 Å². The van der Waals surface area contributed by atoms with Gasteiger partial charge in [0.25, 0.3) is 0 Å². The Balaban J connectivity index is 1.68. The van der Waals surface area contributed by atoms with E-state index in [1.165, 1.54) is 38.5 Å². The lowest BCUT2D eigenvalue weighted by Crippen LogP contribution is -2.26. The molecule has 2 heterocycles. The number of hydrogen-bond acceptors (Lipinski definition) is 2. The standard InChI is InChI=1S/C21H34O3/c1-2-3-4-5-6-9-12-17-18(20-16-15-19(17)24-20)13-10-7-8-11-14-21(22)23/h3-4,7,10,17-20H,2,5-6,8-9,11-16H2,1H3,(H,22,23)/b4-3?,10-7+/t17-,18+,19-,20+/m1/s1. The van der Waals surface area contributed by atoms with E-state index in [0.29, 0.717) is 18.1 Å². The second kappa shape index (κ2) is 10.7. The third kappa shape index (κ3) is 6.08. The molecule has 3 heteroatoms. The van der Waals surface area contributed by atoms with Crippen molar-refractivity contribution < 1.29 is 14.6 Å². The van der Waals surface area contributed by atoms with Crippen LogP contribution in [-0.4, -0.2) is 23.3 Å². The van der Waals surface area contributed by atoms with Crippen molar-refractivity contribution in [1.29, 1.82) is 0 Å². The van der Waals surface area contributed by atoms with Gasteiger partial charge in [-0.2, -0.15) is 0 Å². The molecule has 2 aliphatic rings. The lowest BCUT2D eigenvalue weighted by molar-refractivity contribution is -0.137. The number of fused-ring (bicyclic) bond motifs is 2. The molecule has 3 nitrogen and oxygen atoms in total. The minimum atomic E-state index is -0.696. The lowest BCUT2D eigenvalue weighted by Gasteiger charge is -2.27. The first-order valence-corrected chi connectivity index (χ1v) is 9.89. The van der Waals surface area contributed by atoms with Crippen molar-refractivity contribution in [3.63, 3.8) is 0 Å². The van der Waals surface area contributed by atoms with Crippen molar-refractivity contribution in [1.82, 2.24) is 0 Å². The number of carboxylic acids is 1. The molecule has 0 aromatic carbocycles. The summed E-state index contributed by atoms with van der Waals surface area (Å²) in [6.45, 7) is 2.18. The molecule has 2 saturated heterocycles. The van der Waals surface area contributed by atoms with Crippen LogP contribution in [0.5, 0.6) is 0 Å². The topological polar surface area (TPSA) is 46.5 Å². The molecular formula is C21H34O3. The number of ether oxygens (including phenoxy) is 1. The molecule has 0 saturated carbocycles. The molecule has 0 aromatic heterocycles. The molecule has 0 spiro atoms. The monoisotopic (exact) mass is 334 g/mol. The maximum atomic E-state index is 10.5. The summed E-state index contributed by atoms with van der Waals surface area (Å²) in [7, 11) is 0. The van der Waals surface area contributed by atoms with Gasteiger partial charge in [0.2, 0.25) is 0 Å². The van der Waals surface area contributed by atoms with E-state index in [1.807, 2.05) is 0 Å². The predicted octanol–water partition coefficient (Wildman–Crippen LogP) is 5.51. The van der Waals surface area contributed by atoms with E-state index in [-0.39, 0.29) is 6.42 Å². The molecule has 2 aliphatic heterocycles. The summed E-state index contributed by atoms with van der Waals surface area (Å²) >= 11 is 0. The van der Waals surface area contributed by atoms with Gasteiger partial charge in [-0.15, -0.1) is 0 Å². The van der Waals surface area contributed by atoms with Gasteiger partial charge in [-0.3, -0.25) is 4.79 Å². The first-order chi connectivity index (χ1) is 11.7. The summed E-state index contributed by atoms with van der Waals surface area (Å²) in [6.07, 6.45) is 21.7. The van der Waals surface area contributed by atoms with Gasteiger partial charge >= 0.3 is 5.97 Å². The third-order valence-corrected chi connectivity index (χ3v) is 5.49. The molecule has 4 atom stereocenters.